The number of carbonyl (C=O) groups is 1. The first-order valence-electron chi connectivity index (χ1n) is 7.26. The van der Waals surface area contributed by atoms with E-state index < -0.39 is 13.1 Å². The van der Waals surface area contributed by atoms with Crippen molar-refractivity contribution < 1.29 is 18.4 Å². The Morgan fingerprint density at radius 2 is 1.52 bits per heavy atom. The van der Waals surface area contributed by atoms with Crippen molar-refractivity contribution in [3.8, 4) is 0 Å². The highest BCUT2D eigenvalue weighted by Crippen LogP contribution is 2.52. The van der Waals surface area contributed by atoms with Crippen LogP contribution in [0.2, 0.25) is 0 Å². The lowest BCUT2D eigenvalue weighted by Gasteiger charge is -2.20. The van der Waals surface area contributed by atoms with Gasteiger partial charge >= 0.3 is 7.60 Å². The average molecular weight is 312 g/mol. The fourth-order valence-corrected chi connectivity index (χ4v) is 3.45. The molecular formula is C16H25O4P. The van der Waals surface area contributed by atoms with Gasteiger partial charge in [0.05, 0.1) is 13.2 Å². The highest BCUT2D eigenvalue weighted by molar-refractivity contribution is 7.72. The minimum atomic E-state index is -3.81. The van der Waals surface area contributed by atoms with E-state index in [2.05, 4.69) is 0 Å². The minimum absolute atomic E-state index is 0.172. The summed E-state index contributed by atoms with van der Waals surface area (Å²) in [6.45, 7) is 10.0. The summed E-state index contributed by atoms with van der Waals surface area (Å²) in [6, 6.07) is 7.04. The molecule has 0 aliphatic rings. The molecule has 118 valence electrons. The zero-order chi connectivity index (χ0) is 16.0. The van der Waals surface area contributed by atoms with Crippen molar-refractivity contribution in [2.75, 3.05) is 13.2 Å². The number of hydrogen-bond donors (Lipinski definition) is 0. The smallest absolute Gasteiger partial charge is 0.303 e. The van der Waals surface area contributed by atoms with Crippen LogP contribution in [0.25, 0.3) is 0 Å². The second-order valence-electron chi connectivity index (χ2n) is 6.00. The second-order valence-corrected chi connectivity index (χ2v) is 7.91. The monoisotopic (exact) mass is 312 g/mol. The molecule has 1 aromatic rings. The molecule has 0 N–H and O–H groups in total. The summed E-state index contributed by atoms with van der Waals surface area (Å²) in [6.07, 6.45) is 0. The normalized spacial score (nSPS) is 12.1. The van der Waals surface area contributed by atoms with E-state index in [0.717, 1.165) is 5.56 Å². The van der Waals surface area contributed by atoms with Crippen molar-refractivity contribution in [2.24, 2.45) is 11.8 Å². The summed E-state index contributed by atoms with van der Waals surface area (Å²) >= 11 is 0. The maximum atomic E-state index is 12.9. The second kappa shape index (κ2) is 7.88. The van der Waals surface area contributed by atoms with Gasteiger partial charge < -0.3 is 9.05 Å². The summed E-state index contributed by atoms with van der Waals surface area (Å²) in [7, 11) is -3.81. The Morgan fingerprint density at radius 3 is 1.95 bits per heavy atom. The third kappa shape index (κ3) is 5.39. The molecular weight excluding hydrogens is 287 g/mol. The molecule has 0 radical (unpaired) electrons. The maximum Gasteiger partial charge on any atom is 0.401 e. The minimum Gasteiger partial charge on any atom is -0.303 e. The van der Waals surface area contributed by atoms with Crippen molar-refractivity contribution >= 4 is 13.1 Å². The highest BCUT2D eigenvalue weighted by Gasteiger charge is 2.37. The van der Waals surface area contributed by atoms with Gasteiger partial charge in [0, 0.05) is 5.56 Å². The lowest BCUT2D eigenvalue weighted by molar-refractivity contribution is 0.0973. The van der Waals surface area contributed by atoms with Crippen molar-refractivity contribution in [1.82, 2.24) is 0 Å². The summed E-state index contributed by atoms with van der Waals surface area (Å²) in [5.41, 5.74) is 0.610. The Kier molecular flexibility index (Phi) is 6.79. The number of benzene rings is 1. The summed E-state index contributed by atoms with van der Waals surface area (Å²) in [5.74, 6) is 0.344. The van der Waals surface area contributed by atoms with Gasteiger partial charge in [-0.2, -0.15) is 0 Å². The number of aryl methyl sites for hydroxylation is 1. The first-order valence-corrected chi connectivity index (χ1v) is 8.80. The van der Waals surface area contributed by atoms with E-state index in [1.165, 1.54) is 0 Å². The van der Waals surface area contributed by atoms with Gasteiger partial charge in [0.1, 0.15) is 0 Å². The van der Waals surface area contributed by atoms with Gasteiger partial charge in [0.25, 0.3) is 5.52 Å². The SMILES string of the molecule is Cc1ccccc1C(=O)P(=O)(OCC(C)C)OCC(C)C. The molecule has 0 aliphatic carbocycles. The molecule has 21 heavy (non-hydrogen) atoms. The number of hydrogen-bond acceptors (Lipinski definition) is 4. The molecule has 5 heteroatoms. The van der Waals surface area contributed by atoms with Gasteiger partial charge in [-0.25, -0.2) is 0 Å². The van der Waals surface area contributed by atoms with Crippen molar-refractivity contribution in [3.63, 3.8) is 0 Å². The first kappa shape index (κ1) is 18.1. The standard InChI is InChI=1S/C16H25O4P/c1-12(2)10-19-21(18,20-11-13(3)4)16(17)15-9-7-6-8-14(15)5/h6-9,12-13H,10-11H2,1-5H3. The molecule has 0 bridgehead atoms. The van der Waals surface area contributed by atoms with Gasteiger partial charge in [-0.3, -0.25) is 9.36 Å². The fourth-order valence-electron chi connectivity index (χ4n) is 1.61. The largest absolute Gasteiger partial charge is 0.401 e. The lowest BCUT2D eigenvalue weighted by Crippen LogP contribution is -2.13. The highest BCUT2D eigenvalue weighted by atomic mass is 31.2. The molecule has 0 fully saturated rings. The van der Waals surface area contributed by atoms with Gasteiger partial charge in [-0.15, -0.1) is 0 Å². The van der Waals surface area contributed by atoms with E-state index in [-0.39, 0.29) is 25.0 Å². The Balaban J connectivity index is 3.02. The molecule has 0 saturated heterocycles. The molecule has 0 heterocycles. The Labute approximate surface area is 127 Å². The van der Waals surface area contributed by atoms with Gasteiger partial charge in [-0.1, -0.05) is 52.0 Å². The predicted molar refractivity (Wildman–Crippen MR) is 84.7 cm³/mol. The Morgan fingerprint density at radius 1 is 1.05 bits per heavy atom. The first-order chi connectivity index (χ1) is 9.76. The molecule has 0 spiro atoms. The lowest BCUT2D eigenvalue weighted by atomic mass is 10.1. The molecule has 4 nitrogen and oxygen atoms in total. The third-order valence-electron chi connectivity index (χ3n) is 2.78. The molecule has 0 atom stereocenters. The quantitative estimate of drug-likeness (QED) is 0.654. The topological polar surface area (TPSA) is 52.6 Å². The van der Waals surface area contributed by atoms with E-state index in [9.17, 15) is 9.36 Å². The summed E-state index contributed by atoms with van der Waals surface area (Å²) in [5, 5.41) is 0. The molecule has 1 aromatic carbocycles. The summed E-state index contributed by atoms with van der Waals surface area (Å²) < 4.78 is 23.7. The van der Waals surface area contributed by atoms with Crippen LogP contribution in [0.4, 0.5) is 0 Å². The van der Waals surface area contributed by atoms with Gasteiger partial charge in [0.15, 0.2) is 0 Å². The summed E-state index contributed by atoms with van der Waals surface area (Å²) in [4.78, 5) is 12.6. The van der Waals surface area contributed by atoms with E-state index in [1.807, 2.05) is 46.8 Å². The van der Waals surface area contributed by atoms with E-state index in [1.54, 1.807) is 12.1 Å². The van der Waals surface area contributed by atoms with Crippen LogP contribution in [-0.4, -0.2) is 18.7 Å². The van der Waals surface area contributed by atoms with Crippen LogP contribution in [0.3, 0.4) is 0 Å². The maximum absolute atomic E-state index is 12.9. The molecule has 0 aromatic heterocycles. The predicted octanol–water partition coefficient (Wildman–Crippen LogP) is 4.67. The zero-order valence-corrected chi connectivity index (χ0v) is 14.4. The molecule has 0 saturated carbocycles. The number of carbonyl (C=O) groups excluding carboxylic acids is 1. The zero-order valence-electron chi connectivity index (χ0n) is 13.5. The molecule has 0 unspecified atom stereocenters. The Bertz CT molecular complexity index is 507. The van der Waals surface area contributed by atoms with Crippen molar-refractivity contribution in [1.29, 1.82) is 0 Å². The fraction of sp³-hybridized carbons (Fsp3) is 0.562. The Hall–Kier alpha value is -0.960. The van der Waals surface area contributed by atoms with Gasteiger partial charge in [0.2, 0.25) is 0 Å². The average Bonchev–Trinajstić information content (AvgIpc) is 2.42. The molecule has 0 aliphatic heterocycles. The van der Waals surface area contributed by atoms with Crippen LogP contribution in [-0.2, 0) is 13.6 Å². The van der Waals surface area contributed by atoms with Crippen molar-refractivity contribution in [2.45, 2.75) is 34.6 Å². The van der Waals surface area contributed by atoms with Crippen LogP contribution in [0.1, 0.15) is 43.6 Å². The molecule has 0 amide bonds. The van der Waals surface area contributed by atoms with Gasteiger partial charge in [-0.05, 0) is 24.3 Å². The van der Waals surface area contributed by atoms with Crippen molar-refractivity contribution in [3.05, 3.63) is 35.4 Å². The van der Waals surface area contributed by atoms with Crippen LogP contribution >= 0.6 is 7.60 Å². The van der Waals surface area contributed by atoms with Crippen LogP contribution in [0.15, 0.2) is 24.3 Å². The van der Waals surface area contributed by atoms with Crippen LogP contribution < -0.4 is 0 Å². The van der Waals surface area contributed by atoms with E-state index in [0.29, 0.717) is 5.56 Å². The van der Waals surface area contributed by atoms with Crippen LogP contribution in [0, 0.1) is 18.8 Å². The van der Waals surface area contributed by atoms with Crippen LogP contribution in [0.5, 0.6) is 0 Å². The van der Waals surface area contributed by atoms with E-state index in [4.69, 9.17) is 9.05 Å². The van der Waals surface area contributed by atoms with E-state index >= 15 is 0 Å². The number of rotatable bonds is 8. The third-order valence-corrected chi connectivity index (χ3v) is 4.50. The molecule has 1 rings (SSSR count).